The molecular weight excluding hydrogens is 258 g/mol. The number of aromatic carboxylic acids is 1. The minimum Gasteiger partial charge on any atom is -0.477 e. The van der Waals surface area contributed by atoms with Crippen molar-refractivity contribution in [2.24, 2.45) is 0 Å². The molecule has 20 heavy (non-hydrogen) atoms. The van der Waals surface area contributed by atoms with Crippen LogP contribution in [0.2, 0.25) is 0 Å². The van der Waals surface area contributed by atoms with E-state index in [0.29, 0.717) is 5.69 Å². The van der Waals surface area contributed by atoms with Gasteiger partial charge in [0.25, 0.3) is 0 Å². The van der Waals surface area contributed by atoms with E-state index in [2.05, 4.69) is 15.0 Å². The van der Waals surface area contributed by atoms with Crippen LogP contribution in [-0.2, 0) is 0 Å². The van der Waals surface area contributed by atoms with Crippen molar-refractivity contribution in [2.75, 3.05) is 0 Å². The predicted octanol–water partition coefficient (Wildman–Crippen LogP) is 1.92. The number of hydrogen-bond donors (Lipinski definition) is 3. The third kappa shape index (κ3) is 1.87. The van der Waals surface area contributed by atoms with Crippen molar-refractivity contribution in [2.45, 2.75) is 6.92 Å². The number of para-hydroxylation sites is 1. The van der Waals surface area contributed by atoms with Crippen molar-refractivity contribution in [3.8, 4) is 11.3 Å². The van der Waals surface area contributed by atoms with Crippen molar-refractivity contribution in [3.05, 3.63) is 52.2 Å². The SMILES string of the molecule is Cc1[nH]c2ccccc2c1-c1cc(C(=O)O)[nH]c(=O)n1. The topological polar surface area (TPSA) is 98.8 Å². The van der Waals surface area contributed by atoms with E-state index in [-0.39, 0.29) is 5.69 Å². The quantitative estimate of drug-likeness (QED) is 0.661. The zero-order valence-electron chi connectivity index (χ0n) is 10.6. The Morgan fingerprint density at radius 2 is 2.00 bits per heavy atom. The van der Waals surface area contributed by atoms with Gasteiger partial charge in [-0.1, -0.05) is 18.2 Å². The summed E-state index contributed by atoms with van der Waals surface area (Å²) in [5.41, 5.74) is 1.99. The van der Waals surface area contributed by atoms with Crippen LogP contribution in [0.15, 0.2) is 35.1 Å². The number of carboxylic acids is 1. The van der Waals surface area contributed by atoms with Gasteiger partial charge in [-0.05, 0) is 19.1 Å². The van der Waals surface area contributed by atoms with E-state index in [4.69, 9.17) is 5.11 Å². The number of carbonyl (C=O) groups is 1. The molecule has 0 aliphatic carbocycles. The molecule has 100 valence electrons. The van der Waals surface area contributed by atoms with E-state index in [0.717, 1.165) is 22.2 Å². The highest BCUT2D eigenvalue weighted by Gasteiger charge is 2.14. The van der Waals surface area contributed by atoms with Crippen LogP contribution in [0, 0.1) is 6.92 Å². The molecule has 0 saturated carbocycles. The van der Waals surface area contributed by atoms with Crippen molar-refractivity contribution in [1.29, 1.82) is 0 Å². The highest BCUT2D eigenvalue weighted by atomic mass is 16.4. The average Bonchev–Trinajstić information content (AvgIpc) is 2.73. The summed E-state index contributed by atoms with van der Waals surface area (Å²) in [4.78, 5) is 31.8. The Morgan fingerprint density at radius 3 is 2.75 bits per heavy atom. The Hall–Kier alpha value is -2.89. The lowest BCUT2D eigenvalue weighted by atomic mass is 10.1. The lowest BCUT2D eigenvalue weighted by Gasteiger charge is -2.02. The number of aromatic nitrogens is 3. The zero-order chi connectivity index (χ0) is 14.3. The summed E-state index contributed by atoms with van der Waals surface area (Å²) in [7, 11) is 0. The van der Waals surface area contributed by atoms with Crippen molar-refractivity contribution in [1.82, 2.24) is 15.0 Å². The summed E-state index contributed by atoms with van der Waals surface area (Å²) in [5.74, 6) is -1.19. The van der Waals surface area contributed by atoms with Crippen molar-refractivity contribution < 1.29 is 9.90 Å². The first-order valence-electron chi connectivity index (χ1n) is 5.98. The van der Waals surface area contributed by atoms with Gasteiger partial charge in [0.2, 0.25) is 0 Å². The minimum atomic E-state index is -1.19. The van der Waals surface area contributed by atoms with Crippen LogP contribution in [0.4, 0.5) is 0 Å². The summed E-state index contributed by atoms with van der Waals surface area (Å²) < 4.78 is 0. The Balaban J connectivity index is 2.33. The number of nitrogens with one attached hydrogen (secondary N) is 2. The maximum absolute atomic E-state index is 11.5. The molecule has 0 bridgehead atoms. The van der Waals surface area contributed by atoms with Crippen LogP contribution in [0.5, 0.6) is 0 Å². The summed E-state index contributed by atoms with van der Waals surface area (Å²) in [6.07, 6.45) is 0. The van der Waals surface area contributed by atoms with E-state index in [1.54, 1.807) is 0 Å². The van der Waals surface area contributed by atoms with Gasteiger partial charge >= 0.3 is 11.7 Å². The van der Waals surface area contributed by atoms with Crippen molar-refractivity contribution >= 4 is 16.9 Å². The van der Waals surface area contributed by atoms with Gasteiger partial charge in [-0.3, -0.25) is 4.98 Å². The van der Waals surface area contributed by atoms with Crippen LogP contribution >= 0.6 is 0 Å². The average molecular weight is 269 g/mol. The summed E-state index contributed by atoms with van der Waals surface area (Å²) in [5, 5.41) is 9.91. The number of fused-ring (bicyclic) bond motifs is 1. The number of hydrogen-bond acceptors (Lipinski definition) is 3. The zero-order valence-corrected chi connectivity index (χ0v) is 10.6. The van der Waals surface area contributed by atoms with Gasteiger partial charge in [-0.2, -0.15) is 4.98 Å². The van der Waals surface area contributed by atoms with E-state index in [1.807, 2.05) is 31.2 Å². The molecule has 6 nitrogen and oxygen atoms in total. The van der Waals surface area contributed by atoms with Gasteiger partial charge in [0.1, 0.15) is 5.69 Å². The Morgan fingerprint density at radius 1 is 1.25 bits per heavy atom. The van der Waals surface area contributed by atoms with Crippen LogP contribution in [0.1, 0.15) is 16.2 Å². The minimum absolute atomic E-state index is 0.176. The number of rotatable bonds is 2. The maximum atomic E-state index is 11.5. The Labute approximate surface area is 113 Å². The molecule has 0 saturated heterocycles. The van der Waals surface area contributed by atoms with Crippen LogP contribution in [0.25, 0.3) is 22.2 Å². The molecule has 0 radical (unpaired) electrons. The van der Waals surface area contributed by atoms with Gasteiger partial charge < -0.3 is 10.1 Å². The number of aromatic amines is 2. The van der Waals surface area contributed by atoms with Gasteiger partial charge in [0.05, 0.1) is 5.69 Å². The van der Waals surface area contributed by atoms with Crippen LogP contribution in [0.3, 0.4) is 0 Å². The van der Waals surface area contributed by atoms with E-state index >= 15 is 0 Å². The first-order chi connectivity index (χ1) is 9.56. The Bertz CT molecular complexity index is 877. The number of nitrogens with zero attached hydrogens (tertiary/aromatic N) is 1. The monoisotopic (exact) mass is 269 g/mol. The summed E-state index contributed by atoms with van der Waals surface area (Å²) in [6, 6.07) is 8.96. The second kappa shape index (κ2) is 4.34. The molecule has 0 aliphatic heterocycles. The fourth-order valence-corrected chi connectivity index (χ4v) is 2.31. The molecule has 2 heterocycles. The molecule has 1 aromatic carbocycles. The molecule has 0 amide bonds. The van der Waals surface area contributed by atoms with Crippen molar-refractivity contribution in [3.63, 3.8) is 0 Å². The predicted molar refractivity (Wildman–Crippen MR) is 73.8 cm³/mol. The lowest BCUT2D eigenvalue weighted by molar-refractivity contribution is 0.0690. The number of carboxylic acid groups (broad SMARTS) is 1. The Kier molecular flexibility index (Phi) is 2.64. The summed E-state index contributed by atoms with van der Waals surface area (Å²) in [6.45, 7) is 1.86. The third-order valence-corrected chi connectivity index (χ3v) is 3.12. The summed E-state index contributed by atoms with van der Waals surface area (Å²) >= 11 is 0. The van der Waals surface area contributed by atoms with E-state index in [1.165, 1.54) is 6.07 Å². The molecule has 0 aliphatic rings. The smallest absolute Gasteiger partial charge is 0.352 e. The molecule has 3 N–H and O–H groups in total. The highest BCUT2D eigenvalue weighted by molar-refractivity contribution is 5.97. The van der Waals surface area contributed by atoms with Gasteiger partial charge in [-0.15, -0.1) is 0 Å². The fourth-order valence-electron chi connectivity index (χ4n) is 2.31. The number of aryl methyl sites for hydroxylation is 1. The maximum Gasteiger partial charge on any atom is 0.352 e. The lowest BCUT2D eigenvalue weighted by Crippen LogP contribution is -2.16. The number of benzene rings is 1. The van der Waals surface area contributed by atoms with E-state index in [9.17, 15) is 9.59 Å². The third-order valence-electron chi connectivity index (χ3n) is 3.12. The molecule has 0 unspecified atom stereocenters. The molecule has 6 heteroatoms. The standard InChI is InChI=1S/C14H11N3O3/c1-7-12(8-4-2-3-5-9(8)15-7)10-6-11(13(18)19)17-14(20)16-10/h2-6,15H,1H3,(H,18,19)(H,16,17,20). The molecule has 2 aromatic heterocycles. The van der Waals surface area contributed by atoms with Gasteiger partial charge in [-0.25, -0.2) is 9.59 Å². The number of H-pyrrole nitrogens is 2. The van der Waals surface area contributed by atoms with Crippen LogP contribution < -0.4 is 5.69 Å². The van der Waals surface area contributed by atoms with Crippen LogP contribution in [-0.4, -0.2) is 26.0 Å². The highest BCUT2D eigenvalue weighted by Crippen LogP contribution is 2.30. The molecule has 0 atom stereocenters. The fraction of sp³-hybridized carbons (Fsp3) is 0.0714. The molecule has 0 fully saturated rings. The first kappa shape index (κ1) is 12.2. The van der Waals surface area contributed by atoms with E-state index < -0.39 is 11.7 Å². The normalized spacial score (nSPS) is 10.8. The van der Waals surface area contributed by atoms with Gasteiger partial charge in [0, 0.05) is 22.2 Å². The molecule has 3 rings (SSSR count). The second-order valence-corrected chi connectivity index (χ2v) is 4.46. The molecule has 0 spiro atoms. The second-order valence-electron chi connectivity index (χ2n) is 4.46. The molecular formula is C14H11N3O3. The largest absolute Gasteiger partial charge is 0.477 e. The van der Waals surface area contributed by atoms with Gasteiger partial charge in [0.15, 0.2) is 0 Å². The first-order valence-corrected chi connectivity index (χ1v) is 5.98. The molecule has 3 aromatic rings.